The van der Waals surface area contributed by atoms with Gasteiger partial charge >= 0.3 is 0 Å². The summed E-state index contributed by atoms with van der Waals surface area (Å²) >= 11 is 0. The van der Waals surface area contributed by atoms with Crippen molar-refractivity contribution in [1.82, 2.24) is 9.97 Å². The van der Waals surface area contributed by atoms with Crippen molar-refractivity contribution in [3.63, 3.8) is 0 Å². The van der Waals surface area contributed by atoms with Crippen LogP contribution in [0.15, 0.2) is 36.5 Å². The first-order valence-corrected chi connectivity index (χ1v) is 7.71. The second-order valence-corrected chi connectivity index (χ2v) is 6.32. The predicted octanol–water partition coefficient (Wildman–Crippen LogP) is 1.29. The van der Waals surface area contributed by atoms with Crippen LogP contribution in [0.3, 0.4) is 0 Å². The molecule has 1 aromatic heterocycles. The third-order valence-corrected chi connectivity index (χ3v) is 4.36. The van der Waals surface area contributed by atoms with Gasteiger partial charge in [-0.15, -0.1) is 0 Å². The Labute approximate surface area is 134 Å². The summed E-state index contributed by atoms with van der Waals surface area (Å²) in [6, 6.07) is 0.168. The van der Waals surface area contributed by atoms with Gasteiger partial charge in [-0.25, -0.2) is 4.98 Å². The SMILES string of the molecule is [B]c1nc([B])c2c(n1)C1C=CCC1C(/C(C=C)=C/C(C)C)N2. The zero-order valence-electron chi connectivity index (χ0n) is 13.1. The topological polar surface area (TPSA) is 37.8 Å². The Bertz CT molecular complexity index is 664. The Kier molecular flexibility index (Phi) is 3.98. The van der Waals surface area contributed by atoms with Gasteiger partial charge in [-0.05, 0) is 23.8 Å². The zero-order chi connectivity index (χ0) is 15.9. The summed E-state index contributed by atoms with van der Waals surface area (Å²) in [6.45, 7) is 8.32. The van der Waals surface area contributed by atoms with Crippen molar-refractivity contribution >= 4 is 32.7 Å². The summed E-state index contributed by atoms with van der Waals surface area (Å²) in [7, 11) is 11.8. The summed E-state index contributed by atoms with van der Waals surface area (Å²) in [6.07, 6.45) is 9.61. The van der Waals surface area contributed by atoms with E-state index in [1.165, 1.54) is 5.57 Å². The number of aromatic nitrogens is 2. The average molecular weight is 287 g/mol. The molecule has 0 bridgehead atoms. The molecule has 1 N–H and O–H groups in total. The molecular weight excluding hydrogens is 268 g/mol. The second-order valence-electron chi connectivity index (χ2n) is 6.32. The first-order chi connectivity index (χ1) is 10.5. The van der Waals surface area contributed by atoms with E-state index in [2.05, 4.69) is 53.9 Å². The van der Waals surface area contributed by atoms with E-state index in [1.807, 2.05) is 6.08 Å². The standard InChI is InChI=1S/C17H19B2N3/c1-4-10(8-9(2)3)13-11-6-5-7-12(11)14-15(20-13)16(18)22-17(19)21-14/h4-5,7-9,11-13,20H,1,6H2,2-3H3/b10-8+. The molecule has 1 aliphatic carbocycles. The van der Waals surface area contributed by atoms with Crippen molar-refractivity contribution in [3.05, 3.63) is 42.2 Å². The van der Waals surface area contributed by atoms with Crippen LogP contribution in [-0.4, -0.2) is 31.7 Å². The molecule has 5 heteroatoms. The molecule has 0 fully saturated rings. The van der Waals surface area contributed by atoms with E-state index < -0.39 is 0 Å². The second kappa shape index (κ2) is 5.79. The van der Waals surface area contributed by atoms with E-state index in [-0.39, 0.29) is 17.7 Å². The van der Waals surface area contributed by atoms with Crippen molar-refractivity contribution in [2.75, 3.05) is 5.32 Å². The molecule has 0 saturated heterocycles. The van der Waals surface area contributed by atoms with Gasteiger partial charge < -0.3 is 5.32 Å². The molecule has 0 saturated carbocycles. The highest BCUT2D eigenvalue weighted by Gasteiger charge is 2.39. The lowest BCUT2D eigenvalue weighted by Crippen LogP contribution is -2.42. The lowest BCUT2D eigenvalue weighted by molar-refractivity contribution is 0.446. The minimum atomic E-state index is 0.168. The van der Waals surface area contributed by atoms with E-state index in [4.69, 9.17) is 15.7 Å². The molecule has 3 nitrogen and oxygen atoms in total. The molecule has 3 atom stereocenters. The van der Waals surface area contributed by atoms with Crippen LogP contribution in [-0.2, 0) is 0 Å². The third-order valence-electron chi connectivity index (χ3n) is 4.36. The maximum absolute atomic E-state index is 6.07. The van der Waals surface area contributed by atoms with Crippen LogP contribution in [0.25, 0.3) is 0 Å². The fourth-order valence-corrected chi connectivity index (χ4v) is 3.49. The van der Waals surface area contributed by atoms with Gasteiger partial charge in [0.05, 0.1) is 23.1 Å². The third kappa shape index (κ3) is 2.53. The van der Waals surface area contributed by atoms with Crippen molar-refractivity contribution in [1.29, 1.82) is 0 Å². The zero-order valence-corrected chi connectivity index (χ0v) is 13.1. The first-order valence-electron chi connectivity index (χ1n) is 7.71. The number of hydrogen-bond donors (Lipinski definition) is 1. The maximum Gasteiger partial charge on any atom is 0.170 e. The summed E-state index contributed by atoms with van der Waals surface area (Å²) in [5.74, 6) is 1.09. The summed E-state index contributed by atoms with van der Waals surface area (Å²) in [4.78, 5) is 8.52. The Morgan fingerprint density at radius 2 is 2.18 bits per heavy atom. The van der Waals surface area contributed by atoms with E-state index in [9.17, 15) is 0 Å². The van der Waals surface area contributed by atoms with E-state index in [1.54, 1.807) is 0 Å². The van der Waals surface area contributed by atoms with Gasteiger partial charge in [-0.2, -0.15) is 0 Å². The van der Waals surface area contributed by atoms with Gasteiger partial charge in [0.15, 0.2) is 7.85 Å². The summed E-state index contributed by atoms with van der Waals surface area (Å²) in [5.41, 5.74) is 3.57. The molecule has 2 aliphatic rings. The molecular formula is C17H19B2N3. The quantitative estimate of drug-likeness (QED) is 0.517. The lowest BCUT2D eigenvalue weighted by atomic mass is 9.77. The van der Waals surface area contributed by atoms with Crippen LogP contribution in [0.4, 0.5) is 5.69 Å². The summed E-state index contributed by atoms with van der Waals surface area (Å²) in [5, 5.41) is 3.54. The summed E-state index contributed by atoms with van der Waals surface area (Å²) < 4.78 is 0. The molecule has 0 amide bonds. The van der Waals surface area contributed by atoms with Crippen LogP contribution in [0.5, 0.6) is 0 Å². The van der Waals surface area contributed by atoms with Gasteiger partial charge in [-0.1, -0.05) is 44.7 Å². The van der Waals surface area contributed by atoms with Gasteiger partial charge in [0.25, 0.3) is 0 Å². The fourth-order valence-electron chi connectivity index (χ4n) is 3.49. The van der Waals surface area contributed by atoms with Gasteiger partial charge in [0, 0.05) is 11.5 Å². The number of rotatable bonds is 3. The Hall–Kier alpha value is -1.77. The van der Waals surface area contributed by atoms with E-state index >= 15 is 0 Å². The minimum Gasteiger partial charge on any atom is -0.376 e. The largest absolute Gasteiger partial charge is 0.376 e. The van der Waals surface area contributed by atoms with Crippen molar-refractivity contribution in [2.45, 2.75) is 32.2 Å². The maximum atomic E-state index is 6.07. The highest BCUT2D eigenvalue weighted by Crippen LogP contribution is 2.44. The van der Waals surface area contributed by atoms with Crippen LogP contribution in [0.1, 0.15) is 31.9 Å². The van der Waals surface area contributed by atoms with Gasteiger partial charge in [-0.3, -0.25) is 4.98 Å². The number of nitrogens with one attached hydrogen (secondary N) is 1. The van der Waals surface area contributed by atoms with Gasteiger partial charge in [0.1, 0.15) is 7.85 Å². The molecule has 2 heterocycles. The van der Waals surface area contributed by atoms with Crippen molar-refractivity contribution < 1.29 is 0 Å². The Morgan fingerprint density at radius 3 is 2.86 bits per heavy atom. The average Bonchev–Trinajstić information content (AvgIpc) is 2.94. The number of anilines is 1. The number of hydrogen-bond acceptors (Lipinski definition) is 3. The molecule has 3 unspecified atom stereocenters. The van der Waals surface area contributed by atoms with Crippen molar-refractivity contribution in [3.8, 4) is 0 Å². The highest BCUT2D eigenvalue weighted by molar-refractivity contribution is 6.36. The van der Waals surface area contributed by atoms with Crippen LogP contribution in [0, 0.1) is 11.8 Å². The Balaban J connectivity index is 2.08. The van der Waals surface area contributed by atoms with E-state index in [0.29, 0.717) is 17.4 Å². The monoisotopic (exact) mass is 287 g/mol. The molecule has 1 aromatic rings. The number of allylic oxidation sites excluding steroid dienone is 3. The molecule has 0 spiro atoms. The van der Waals surface area contributed by atoms with Crippen LogP contribution < -0.4 is 16.6 Å². The fraction of sp³-hybridized carbons (Fsp3) is 0.412. The minimum absolute atomic E-state index is 0.168. The molecule has 108 valence electrons. The molecule has 3 rings (SSSR count). The normalized spacial score (nSPS) is 26.5. The number of fused-ring (bicyclic) bond motifs is 3. The molecule has 4 radical (unpaired) electrons. The van der Waals surface area contributed by atoms with Crippen LogP contribution in [0.2, 0.25) is 0 Å². The molecule has 22 heavy (non-hydrogen) atoms. The molecule has 1 aliphatic heterocycles. The van der Waals surface area contributed by atoms with Gasteiger partial charge in [0.2, 0.25) is 0 Å². The number of nitrogens with zero attached hydrogens (tertiary/aromatic N) is 2. The predicted molar refractivity (Wildman–Crippen MR) is 93.3 cm³/mol. The highest BCUT2D eigenvalue weighted by atomic mass is 15.0. The lowest BCUT2D eigenvalue weighted by Gasteiger charge is -2.38. The molecule has 0 aromatic carbocycles. The first kappa shape index (κ1) is 15.1. The Morgan fingerprint density at radius 1 is 1.41 bits per heavy atom. The van der Waals surface area contributed by atoms with Crippen LogP contribution >= 0.6 is 0 Å². The van der Waals surface area contributed by atoms with E-state index in [0.717, 1.165) is 17.8 Å². The smallest absolute Gasteiger partial charge is 0.170 e. The van der Waals surface area contributed by atoms with Crippen molar-refractivity contribution in [2.24, 2.45) is 11.8 Å².